The maximum absolute atomic E-state index is 11.9. The molecule has 0 atom stereocenters. The van der Waals surface area contributed by atoms with Crippen molar-refractivity contribution in [3.8, 4) is 29.0 Å². The highest BCUT2D eigenvalue weighted by Crippen LogP contribution is 2.37. The Balaban J connectivity index is 0.000000777. The third-order valence-corrected chi connectivity index (χ3v) is 6.69. The minimum atomic E-state index is -0.725. The number of nitrogens with zero attached hydrogens (tertiary/aromatic N) is 4. The highest BCUT2D eigenvalue weighted by Gasteiger charge is 2.21. The molecule has 0 aliphatic rings. The van der Waals surface area contributed by atoms with Gasteiger partial charge in [0.25, 0.3) is 5.91 Å². The van der Waals surface area contributed by atoms with Gasteiger partial charge in [0.2, 0.25) is 5.91 Å². The summed E-state index contributed by atoms with van der Waals surface area (Å²) in [6, 6.07) is 14.6. The molecular formula is C31H36N8O5S. The maximum atomic E-state index is 11.9. The Morgan fingerprint density at radius 3 is 2.27 bits per heavy atom. The number of nitrogens with two attached hydrogens (primary N) is 2. The first-order valence-corrected chi connectivity index (χ1v) is 14.7. The van der Waals surface area contributed by atoms with Gasteiger partial charge in [-0.25, -0.2) is 9.78 Å². The highest BCUT2D eigenvalue weighted by atomic mass is 32.2. The fourth-order valence-electron chi connectivity index (χ4n) is 3.66. The smallest absolute Gasteiger partial charge is 0.405 e. The van der Waals surface area contributed by atoms with Crippen molar-refractivity contribution in [2.45, 2.75) is 50.5 Å². The lowest BCUT2D eigenvalue weighted by atomic mass is 9.97. The van der Waals surface area contributed by atoms with E-state index < -0.39 is 11.7 Å². The molecular weight excluding hydrogens is 596 g/mol. The molecule has 45 heavy (non-hydrogen) atoms. The number of benzene rings is 1. The number of anilines is 1. The van der Waals surface area contributed by atoms with E-state index in [-0.39, 0.29) is 34.5 Å². The average molecular weight is 633 g/mol. The van der Waals surface area contributed by atoms with E-state index in [0.29, 0.717) is 47.2 Å². The van der Waals surface area contributed by atoms with Gasteiger partial charge in [0.15, 0.2) is 0 Å². The summed E-state index contributed by atoms with van der Waals surface area (Å²) in [7, 11) is 1.53. The minimum absolute atomic E-state index is 0.0202. The molecule has 0 aliphatic carbocycles. The van der Waals surface area contributed by atoms with E-state index in [0.717, 1.165) is 5.56 Å². The van der Waals surface area contributed by atoms with Crippen LogP contribution in [-0.4, -0.2) is 53.7 Å². The van der Waals surface area contributed by atoms with Crippen LogP contribution in [0.4, 0.5) is 10.6 Å². The summed E-state index contributed by atoms with van der Waals surface area (Å²) >= 11 is 1.27. The quantitative estimate of drug-likeness (QED) is 0.185. The van der Waals surface area contributed by atoms with Crippen LogP contribution in [0.2, 0.25) is 0 Å². The number of aromatic nitrogens is 2. The van der Waals surface area contributed by atoms with E-state index in [1.807, 2.05) is 0 Å². The van der Waals surface area contributed by atoms with Crippen LogP contribution >= 0.6 is 11.8 Å². The standard InChI is InChI=1S/C26H25N7O3S.C5H11NO2/c1-3-22(34)32-10-11-36-18-6-4-17(5-7-18)23-19(13-27)24(29)33-26(20(23)14-28)37-15-16-8-9-31-21(12-16)25(35)30-2;1-5(2,3)8-4(6)7/h4-9,12H,3,10-11,15H2,1-2H3,(H2,29,33)(H,30,35)(H,32,34);1-3H3,(H2,6,7). The van der Waals surface area contributed by atoms with Crippen molar-refractivity contribution < 1.29 is 23.9 Å². The van der Waals surface area contributed by atoms with Crippen molar-refractivity contribution in [2.24, 2.45) is 5.73 Å². The molecule has 0 spiro atoms. The lowest BCUT2D eigenvalue weighted by Crippen LogP contribution is -2.27. The number of carbonyl (C=O) groups excluding carboxylic acids is 3. The molecule has 2 heterocycles. The van der Waals surface area contributed by atoms with Crippen molar-refractivity contribution in [1.29, 1.82) is 10.5 Å². The summed E-state index contributed by atoms with van der Waals surface area (Å²) in [4.78, 5) is 41.6. The summed E-state index contributed by atoms with van der Waals surface area (Å²) in [5, 5.41) is 25.4. The monoisotopic (exact) mass is 632 g/mol. The van der Waals surface area contributed by atoms with Gasteiger partial charge in [0.1, 0.15) is 52.2 Å². The van der Waals surface area contributed by atoms with Crippen LogP contribution in [0.5, 0.6) is 5.75 Å². The first-order valence-electron chi connectivity index (χ1n) is 13.7. The molecule has 236 valence electrons. The van der Waals surface area contributed by atoms with Gasteiger partial charge in [-0.3, -0.25) is 14.6 Å². The Morgan fingerprint density at radius 2 is 1.73 bits per heavy atom. The average Bonchev–Trinajstić information content (AvgIpc) is 3.00. The lowest BCUT2D eigenvalue weighted by molar-refractivity contribution is -0.120. The largest absolute Gasteiger partial charge is 0.492 e. The number of nitriles is 2. The van der Waals surface area contributed by atoms with Gasteiger partial charge in [-0.15, -0.1) is 11.8 Å². The number of nitrogens with one attached hydrogen (secondary N) is 2. The number of thioether (sulfide) groups is 1. The number of rotatable bonds is 10. The zero-order valence-electron chi connectivity index (χ0n) is 25.8. The highest BCUT2D eigenvalue weighted by molar-refractivity contribution is 7.98. The van der Waals surface area contributed by atoms with E-state index in [2.05, 4.69) is 37.5 Å². The summed E-state index contributed by atoms with van der Waals surface area (Å²) < 4.78 is 10.2. The molecule has 14 heteroatoms. The summed E-state index contributed by atoms with van der Waals surface area (Å²) in [5.41, 5.74) is 12.8. The molecule has 0 fully saturated rings. The van der Waals surface area contributed by atoms with E-state index in [4.69, 9.17) is 16.2 Å². The topological polar surface area (TPSA) is 219 Å². The molecule has 2 aromatic heterocycles. The molecule has 3 amide bonds. The molecule has 1 aromatic carbocycles. The van der Waals surface area contributed by atoms with Gasteiger partial charge in [-0.1, -0.05) is 19.1 Å². The Hall–Kier alpha value is -5.34. The van der Waals surface area contributed by atoms with Crippen LogP contribution in [0.3, 0.4) is 0 Å². The second kappa shape index (κ2) is 17.1. The molecule has 13 nitrogen and oxygen atoms in total. The van der Waals surface area contributed by atoms with Crippen molar-refractivity contribution in [2.75, 3.05) is 25.9 Å². The summed E-state index contributed by atoms with van der Waals surface area (Å²) in [6.45, 7) is 7.75. The van der Waals surface area contributed by atoms with Crippen LogP contribution in [-0.2, 0) is 15.3 Å². The van der Waals surface area contributed by atoms with E-state index in [1.165, 1.54) is 18.8 Å². The van der Waals surface area contributed by atoms with Gasteiger partial charge in [0.05, 0.1) is 12.1 Å². The van der Waals surface area contributed by atoms with E-state index in [9.17, 15) is 24.9 Å². The number of carbonyl (C=O) groups is 3. The fraction of sp³-hybridized carbons (Fsp3) is 0.323. The molecule has 0 bridgehead atoms. The van der Waals surface area contributed by atoms with E-state index >= 15 is 0 Å². The number of primary amides is 1. The number of amides is 3. The first-order chi connectivity index (χ1) is 21.3. The number of hydrogen-bond acceptors (Lipinski definition) is 11. The molecule has 0 unspecified atom stereocenters. The first kappa shape index (κ1) is 35.9. The number of nitrogen functional groups attached to an aromatic ring is 1. The fourth-order valence-corrected chi connectivity index (χ4v) is 4.60. The SMILES string of the molecule is CC(C)(C)OC(N)=O.CCC(=O)NCCOc1ccc(-c2c(C#N)c(N)nc(SCc3ccnc(C(=O)NC)c3)c2C#N)cc1. The van der Waals surface area contributed by atoms with Crippen molar-refractivity contribution in [1.82, 2.24) is 20.6 Å². The molecule has 3 aromatic rings. The predicted octanol–water partition coefficient (Wildman–Crippen LogP) is 3.91. The Labute approximate surface area is 266 Å². The number of hydrogen-bond donors (Lipinski definition) is 4. The number of ether oxygens (including phenoxy) is 2. The summed E-state index contributed by atoms with van der Waals surface area (Å²) in [6.07, 6.45) is 1.22. The third-order valence-electron chi connectivity index (χ3n) is 5.64. The number of pyridine rings is 2. The van der Waals surface area contributed by atoms with Crippen LogP contribution in [0.25, 0.3) is 11.1 Å². The molecule has 0 aliphatic heterocycles. The Morgan fingerprint density at radius 1 is 1.07 bits per heavy atom. The van der Waals surface area contributed by atoms with E-state index in [1.54, 1.807) is 70.3 Å². The van der Waals surface area contributed by atoms with Gasteiger partial charge in [-0.05, 0) is 56.2 Å². The molecule has 0 saturated heterocycles. The van der Waals surface area contributed by atoms with Gasteiger partial charge in [-0.2, -0.15) is 10.5 Å². The molecule has 0 radical (unpaired) electrons. The third kappa shape index (κ3) is 11.3. The lowest BCUT2D eigenvalue weighted by Gasteiger charge is -2.16. The molecule has 6 N–H and O–H groups in total. The Kier molecular flexibility index (Phi) is 13.6. The normalized spacial score (nSPS) is 10.3. The second-order valence-electron chi connectivity index (χ2n) is 10.2. The van der Waals surface area contributed by atoms with Crippen molar-refractivity contribution in [3.63, 3.8) is 0 Å². The molecule has 0 saturated carbocycles. The molecule has 3 rings (SSSR count). The van der Waals surface area contributed by atoms with Crippen LogP contribution < -0.4 is 26.8 Å². The van der Waals surface area contributed by atoms with Crippen molar-refractivity contribution >= 4 is 35.5 Å². The van der Waals surface area contributed by atoms with Crippen LogP contribution in [0.1, 0.15) is 61.3 Å². The predicted molar refractivity (Wildman–Crippen MR) is 170 cm³/mol. The summed E-state index contributed by atoms with van der Waals surface area (Å²) in [5.74, 6) is 0.650. The van der Waals surface area contributed by atoms with Crippen LogP contribution in [0.15, 0.2) is 47.6 Å². The van der Waals surface area contributed by atoms with Crippen LogP contribution in [0, 0.1) is 22.7 Å². The second-order valence-corrected chi connectivity index (χ2v) is 11.1. The minimum Gasteiger partial charge on any atom is -0.492 e. The zero-order chi connectivity index (χ0) is 33.6. The maximum Gasteiger partial charge on any atom is 0.405 e. The van der Waals surface area contributed by atoms with Gasteiger partial charge in [0, 0.05) is 31.0 Å². The van der Waals surface area contributed by atoms with Gasteiger partial charge < -0.3 is 31.6 Å². The van der Waals surface area contributed by atoms with Crippen molar-refractivity contribution in [3.05, 3.63) is 65.0 Å². The zero-order valence-corrected chi connectivity index (χ0v) is 26.6. The van der Waals surface area contributed by atoms with Gasteiger partial charge >= 0.3 is 6.09 Å². The Bertz CT molecular complexity index is 1590.